The molecular formula is C24H21F3N4O3. The quantitative estimate of drug-likeness (QED) is 0.435. The zero-order chi connectivity index (χ0) is 24.3. The second-order valence-corrected chi connectivity index (χ2v) is 7.73. The van der Waals surface area contributed by atoms with Crippen LogP contribution in [0.5, 0.6) is 0 Å². The minimum absolute atomic E-state index is 0.162. The van der Waals surface area contributed by atoms with Gasteiger partial charge in [-0.3, -0.25) is 9.67 Å². The first kappa shape index (κ1) is 23.4. The molecule has 176 valence electrons. The molecule has 2 aromatic heterocycles. The third kappa shape index (κ3) is 4.91. The first-order chi connectivity index (χ1) is 16.3. The maximum Gasteiger partial charge on any atom is 0.491 e. The summed E-state index contributed by atoms with van der Waals surface area (Å²) in [5.74, 6) is -3.94. The summed E-state index contributed by atoms with van der Waals surface area (Å²) in [6.45, 7) is 0.477. The van der Waals surface area contributed by atoms with Crippen molar-refractivity contribution in [2.24, 2.45) is 5.73 Å². The summed E-state index contributed by atoms with van der Waals surface area (Å²) in [6.07, 6.45) is 1.48. The van der Waals surface area contributed by atoms with Gasteiger partial charge in [0.05, 0.1) is 11.4 Å². The Balaban J connectivity index is 1.72. The summed E-state index contributed by atoms with van der Waals surface area (Å²) < 4.78 is 43.4. The summed E-state index contributed by atoms with van der Waals surface area (Å²) in [7, 11) is 0. The number of pyridine rings is 1. The van der Waals surface area contributed by atoms with Crippen LogP contribution in [0, 0.1) is 0 Å². The number of nitrogens with two attached hydrogens (primary N) is 1. The van der Waals surface area contributed by atoms with E-state index in [0.717, 1.165) is 16.7 Å². The van der Waals surface area contributed by atoms with Gasteiger partial charge in [-0.2, -0.15) is 18.3 Å². The number of rotatable bonds is 6. The van der Waals surface area contributed by atoms with E-state index in [2.05, 4.69) is 14.8 Å². The van der Waals surface area contributed by atoms with Crippen LogP contribution < -0.4 is 5.73 Å². The molecule has 10 heteroatoms. The monoisotopic (exact) mass is 470 g/mol. The van der Waals surface area contributed by atoms with Crippen LogP contribution in [-0.2, 0) is 28.9 Å². The van der Waals surface area contributed by atoms with Gasteiger partial charge < -0.3 is 10.5 Å². The molecule has 0 unspecified atom stereocenters. The number of hydrogen-bond donors (Lipinski definition) is 1. The van der Waals surface area contributed by atoms with Crippen LogP contribution in [0.2, 0.25) is 0 Å². The highest BCUT2D eigenvalue weighted by Gasteiger charge is 2.43. The third-order valence-corrected chi connectivity index (χ3v) is 5.39. The molecule has 34 heavy (non-hydrogen) atoms. The van der Waals surface area contributed by atoms with Gasteiger partial charge >= 0.3 is 18.1 Å². The number of hydrogen-bond acceptors (Lipinski definition) is 6. The van der Waals surface area contributed by atoms with Crippen molar-refractivity contribution in [3.05, 3.63) is 70.7 Å². The molecule has 1 aliphatic carbocycles. The van der Waals surface area contributed by atoms with Crippen molar-refractivity contribution in [2.45, 2.75) is 32.0 Å². The van der Waals surface area contributed by atoms with Crippen LogP contribution in [0.4, 0.5) is 13.2 Å². The lowest BCUT2D eigenvalue weighted by Crippen LogP contribution is -2.29. The number of alkyl halides is 3. The van der Waals surface area contributed by atoms with Crippen molar-refractivity contribution >= 4 is 24.1 Å². The van der Waals surface area contributed by atoms with E-state index >= 15 is 0 Å². The van der Waals surface area contributed by atoms with Crippen LogP contribution in [0.1, 0.15) is 39.3 Å². The number of nitrogens with zero attached hydrogens (tertiary/aromatic N) is 3. The van der Waals surface area contributed by atoms with Gasteiger partial charge in [-0.1, -0.05) is 36.4 Å². The minimum Gasteiger partial charge on any atom is -0.381 e. The molecular weight excluding hydrogens is 449 g/mol. The molecule has 0 saturated carbocycles. The van der Waals surface area contributed by atoms with Crippen LogP contribution in [0.3, 0.4) is 0 Å². The maximum atomic E-state index is 12.7. The van der Waals surface area contributed by atoms with Crippen molar-refractivity contribution in [1.82, 2.24) is 14.8 Å². The predicted molar refractivity (Wildman–Crippen MR) is 118 cm³/mol. The highest BCUT2D eigenvalue weighted by atomic mass is 19.4. The fourth-order valence-electron chi connectivity index (χ4n) is 3.79. The van der Waals surface area contributed by atoms with Crippen LogP contribution >= 0.6 is 0 Å². The molecule has 1 aromatic carbocycles. The highest BCUT2D eigenvalue weighted by Crippen LogP contribution is 2.35. The first-order valence-electron chi connectivity index (χ1n) is 10.6. The standard InChI is InChI=1S/C24H21F3N4O3/c25-24(26,27)23(33)34-22(32)21-18-10-8-16-14-29-17(9-7-15-5-2-1-3-6-15)13-19(16)20(18)30-31(21)12-4-11-28/h1-3,5-7,9,13-14H,4,8,10-12,28H2. The SMILES string of the molecule is NCCCn1nc2c(c1C(=O)OC(=O)C(F)(F)F)CCc1cnc(C=Cc3ccccc3)cc1-2. The number of carbonyl (C=O) groups is 2. The molecule has 7 nitrogen and oxygen atoms in total. The lowest BCUT2D eigenvalue weighted by molar-refractivity contribution is -0.193. The largest absolute Gasteiger partial charge is 0.491 e. The fraction of sp³-hybridized carbons (Fsp3) is 0.250. The van der Waals surface area contributed by atoms with Gasteiger partial charge in [0.25, 0.3) is 0 Å². The Labute approximate surface area is 193 Å². The van der Waals surface area contributed by atoms with E-state index in [0.29, 0.717) is 36.2 Å². The molecule has 0 bridgehead atoms. The average molecular weight is 470 g/mol. The summed E-state index contributed by atoms with van der Waals surface area (Å²) in [5.41, 5.74) is 9.58. The Kier molecular flexibility index (Phi) is 6.60. The Hall–Kier alpha value is -3.79. The van der Waals surface area contributed by atoms with Crippen molar-refractivity contribution in [3.8, 4) is 11.3 Å². The molecule has 0 saturated heterocycles. The highest BCUT2D eigenvalue weighted by molar-refractivity contribution is 5.99. The van der Waals surface area contributed by atoms with E-state index in [1.165, 1.54) is 4.68 Å². The molecule has 2 N–H and O–H groups in total. The third-order valence-electron chi connectivity index (χ3n) is 5.39. The van der Waals surface area contributed by atoms with E-state index in [1.807, 2.05) is 48.6 Å². The number of aromatic nitrogens is 3. The second kappa shape index (κ2) is 9.60. The number of aryl methyl sites for hydroxylation is 2. The molecule has 0 spiro atoms. The van der Waals surface area contributed by atoms with Crippen molar-refractivity contribution in [1.29, 1.82) is 0 Å². The van der Waals surface area contributed by atoms with Gasteiger partial charge in [0.2, 0.25) is 0 Å². The van der Waals surface area contributed by atoms with Crippen LogP contribution in [0.25, 0.3) is 23.4 Å². The molecule has 0 fully saturated rings. The van der Waals surface area contributed by atoms with Crippen molar-refractivity contribution in [2.75, 3.05) is 6.54 Å². The predicted octanol–water partition coefficient (Wildman–Crippen LogP) is 3.81. The lowest BCUT2D eigenvalue weighted by atomic mass is 9.89. The Morgan fingerprint density at radius 3 is 2.62 bits per heavy atom. The zero-order valence-electron chi connectivity index (χ0n) is 18.0. The zero-order valence-corrected chi connectivity index (χ0v) is 18.0. The van der Waals surface area contributed by atoms with Crippen molar-refractivity contribution < 1.29 is 27.5 Å². The van der Waals surface area contributed by atoms with Gasteiger partial charge in [-0.25, -0.2) is 9.59 Å². The lowest BCUT2D eigenvalue weighted by Gasteiger charge is -2.16. The van der Waals surface area contributed by atoms with E-state index in [1.54, 1.807) is 6.20 Å². The Morgan fingerprint density at radius 1 is 1.15 bits per heavy atom. The van der Waals surface area contributed by atoms with Gasteiger partial charge in [0, 0.05) is 23.9 Å². The summed E-state index contributed by atoms with van der Waals surface area (Å²) in [6, 6.07) is 11.5. The molecule has 0 amide bonds. The number of benzene rings is 1. The van der Waals surface area contributed by atoms with Crippen molar-refractivity contribution in [3.63, 3.8) is 0 Å². The summed E-state index contributed by atoms with van der Waals surface area (Å²) >= 11 is 0. The maximum absolute atomic E-state index is 12.7. The molecule has 3 aromatic rings. The molecule has 0 atom stereocenters. The van der Waals surface area contributed by atoms with E-state index in [4.69, 9.17) is 5.73 Å². The summed E-state index contributed by atoms with van der Waals surface area (Å²) in [4.78, 5) is 28.3. The Morgan fingerprint density at radius 2 is 1.91 bits per heavy atom. The van der Waals surface area contributed by atoms with E-state index in [-0.39, 0.29) is 18.8 Å². The van der Waals surface area contributed by atoms with E-state index < -0.39 is 18.1 Å². The topological polar surface area (TPSA) is 100 Å². The van der Waals surface area contributed by atoms with Crippen LogP contribution in [-0.4, -0.2) is 39.4 Å². The van der Waals surface area contributed by atoms with Gasteiger partial charge in [-0.05, 0) is 49.1 Å². The smallest absolute Gasteiger partial charge is 0.381 e. The van der Waals surface area contributed by atoms with Gasteiger partial charge in [0.15, 0.2) is 5.69 Å². The van der Waals surface area contributed by atoms with Gasteiger partial charge in [-0.15, -0.1) is 0 Å². The number of fused-ring (bicyclic) bond motifs is 3. The molecule has 1 aliphatic rings. The first-order valence-corrected chi connectivity index (χ1v) is 10.6. The molecule has 0 aliphatic heterocycles. The van der Waals surface area contributed by atoms with Crippen LogP contribution in [0.15, 0.2) is 42.6 Å². The number of ether oxygens (including phenoxy) is 1. The Bertz CT molecular complexity index is 1250. The summed E-state index contributed by atoms with van der Waals surface area (Å²) in [5, 5.41) is 4.50. The molecule has 2 heterocycles. The number of halogens is 3. The molecule has 4 rings (SSSR count). The fourth-order valence-corrected chi connectivity index (χ4v) is 3.79. The second-order valence-electron chi connectivity index (χ2n) is 7.73. The van der Waals surface area contributed by atoms with Gasteiger partial charge in [0.1, 0.15) is 0 Å². The van der Waals surface area contributed by atoms with E-state index in [9.17, 15) is 22.8 Å². The number of esters is 2. The average Bonchev–Trinajstić information content (AvgIpc) is 3.20. The molecule has 0 radical (unpaired) electrons. The minimum atomic E-state index is -5.28. The number of carbonyl (C=O) groups excluding carboxylic acids is 2. The normalized spacial score (nSPS) is 12.9.